The molecule has 0 spiro atoms. The smallest absolute Gasteiger partial charge is 0.00739 e. The van der Waals surface area contributed by atoms with Gasteiger partial charge in [-0.05, 0) is 37.0 Å². The third-order valence-corrected chi connectivity index (χ3v) is 4.67. The van der Waals surface area contributed by atoms with Gasteiger partial charge >= 0.3 is 0 Å². The second-order valence-electron chi connectivity index (χ2n) is 6.42. The number of hydrogen-bond donors (Lipinski definition) is 1. The van der Waals surface area contributed by atoms with Crippen LogP contribution >= 0.6 is 0 Å². The molecule has 0 aromatic carbocycles. The van der Waals surface area contributed by atoms with E-state index in [0.29, 0.717) is 0 Å². The van der Waals surface area contributed by atoms with Gasteiger partial charge in [0.25, 0.3) is 0 Å². The fourth-order valence-corrected chi connectivity index (χ4v) is 3.18. The van der Waals surface area contributed by atoms with Crippen LogP contribution in [-0.2, 0) is 0 Å². The Morgan fingerprint density at radius 2 is 1.80 bits per heavy atom. The molecule has 0 radical (unpaired) electrons. The SMILES string of the molecule is CC(N)C(C)(C)CN1CC2CCCC2C1. The van der Waals surface area contributed by atoms with Gasteiger partial charge in [0.2, 0.25) is 0 Å². The Bertz CT molecular complexity index is 211. The van der Waals surface area contributed by atoms with E-state index in [1.807, 2.05) is 0 Å². The second kappa shape index (κ2) is 4.06. The molecule has 1 aliphatic carbocycles. The summed E-state index contributed by atoms with van der Waals surface area (Å²) in [6.45, 7) is 10.6. The molecule has 3 atom stereocenters. The molecular weight excluding hydrogens is 184 g/mol. The molecule has 1 heterocycles. The standard InChI is InChI=1S/C13H26N2/c1-10(14)13(2,3)9-15-7-11-5-4-6-12(11)8-15/h10-12H,4-9,14H2,1-3H3. The topological polar surface area (TPSA) is 29.3 Å². The first kappa shape index (κ1) is 11.4. The van der Waals surface area contributed by atoms with Crippen molar-refractivity contribution in [3.05, 3.63) is 0 Å². The molecule has 2 heteroatoms. The van der Waals surface area contributed by atoms with E-state index in [4.69, 9.17) is 5.73 Å². The Kier molecular flexibility index (Phi) is 3.09. The average molecular weight is 210 g/mol. The maximum absolute atomic E-state index is 6.04. The monoisotopic (exact) mass is 210 g/mol. The van der Waals surface area contributed by atoms with E-state index in [1.54, 1.807) is 0 Å². The van der Waals surface area contributed by atoms with Crippen LogP contribution in [0.3, 0.4) is 0 Å². The highest BCUT2D eigenvalue weighted by atomic mass is 15.2. The van der Waals surface area contributed by atoms with Gasteiger partial charge in [-0.3, -0.25) is 0 Å². The van der Waals surface area contributed by atoms with Crippen LogP contribution in [0.1, 0.15) is 40.0 Å². The number of nitrogens with two attached hydrogens (primary N) is 1. The fourth-order valence-electron chi connectivity index (χ4n) is 3.18. The normalized spacial score (nSPS) is 34.4. The number of hydrogen-bond acceptors (Lipinski definition) is 2. The number of fused-ring (bicyclic) bond motifs is 1. The van der Waals surface area contributed by atoms with Crippen LogP contribution in [0.15, 0.2) is 0 Å². The van der Waals surface area contributed by atoms with Crippen LogP contribution in [0.4, 0.5) is 0 Å². The van der Waals surface area contributed by atoms with Crippen molar-refractivity contribution in [3.63, 3.8) is 0 Å². The van der Waals surface area contributed by atoms with Crippen molar-refractivity contribution in [2.24, 2.45) is 23.0 Å². The van der Waals surface area contributed by atoms with Crippen molar-refractivity contribution in [2.75, 3.05) is 19.6 Å². The summed E-state index contributed by atoms with van der Waals surface area (Å²) in [7, 11) is 0. The fraction of sp³-hybridized carbons (Fsp3) is 1.00. The minimum Gasteiger partial charge on any atom is -0.327 e. The van der Waals surface area contributed by atoms with Gasteiger partial charge in [-0.1, -0.05) is 20.3 Å². The second-order valence-corrected chi connectivity index (χ2v) is 6.42. The molecule has 2 nitrogen and oxygen atoms in total. The Hall–Kier alpha value is -0.0800. The van der Waals surface area contributed by atoms with Gasteiger partial charge in [0.15, 0.2) is 0 Å². The van der Waals surface area contributed by atoms with Crippen LogP contribution in [0.2, 0.25) is 0 Å². The van der Waals surface area contributed by atoms with E-state index < -0.39 is 0 Å². The van der Waals surface area contributed by atoms with E-state index in [1.165, 1.54) is 38.9 Å². The molecular formula is C13H26N2. The quantitative estimate of drug-likeness (QED) is 0.773. The lowest BCUT2D eigenvalue weighted by molar-refractivity contribution is 0.174. The summed E-state index contributed by atoms with van der Waals surface area (Å²) in [6, 6.07) is 0.290. The van der Waals surface area contributed by atoms with Gasteiger partial charge in [0.1, 0.15) is 0 Å². The maximum atomic E-state index is 6.04. The molecule has 0 bridgehead atoms. The zero-order valence-corrected chi connectivity index (χ0v) is 10.5. The van der Waals surface area contributed by atoms with Crippen LogP contribution < -0.4 is 5.73 Å². The average Bonchev–Trinajstić information content (AvgIpc) is 2.62. The third kappa shape index (κ3) is 2.36. The highest BCUT2D eigenvalue weighted by Crippen LogP contribution is 2.38. The zero-order valence-electron chi connectivity index (χ0n) is 10.5. The summed E-state index contributed by atoms with van der Waals surface area (Å²) in [5.74, 6) is 2.02. The van der Waals surface area contributed by atoms with Gasteiger partial charge in [0, 0.05) is 25.7 Å². The largest absolute Gasteiger partial charge is 0.327 e. The number of likely N-dealkylation sites (tertiary alicyclic amines) is 1. The molecule has 3 unspecified atom stereocenters. The van der Waals surface area contributed by atoms with Crippen molar-refractivity contribution in [1.82, 2.24) is 4.90 Å². The van der Waals surface area contributed by atoms with Gasteiger partial charge in [-0.25, -0.2) is 0 Å². The van der Waals surface area contributed by atoms with E-state index >= 15 is 0 Å². The minimum absolute atomic E-state index is 0.263. The number of nitrogens with zero attached hydrogens (tertiary/aromatic N) is 1. The van der Waals surface area contributed by atoms with Crippen LogP contribution in [0, 0.1) is 17.3 Å². The molecule has 1 saturated heterocycles. The van der Waals surface area contributed by atoms with Gasteiger partial charge in [-0.2, -0.15) is 0 Å². The van der Waals surface area contributed by atoms with Crippen molar-refractivity contribution in [2.45, 2.75) is 46.1 Å². The summed E-state index contributed by atoms with van der Waals surface area (Å²) in [5.41, 5.74) is 6.30. The molecule has 2 N–H and O–H groups in total. The Balaban J connectivity index is 1.87. The first-order chi connectivity index (χ1) is 6.99. The summed E-state index contributed by atoms with van der Waals surface area (Å²) in [6.07, 6.45) is 4.42. The van der Waals surface area contributed by atoms with Crippen molar-refractivity contribution >= 4 is 0 Å². The summed E-state index contributed by atoms with van der Waals surface area (Å²) >= 11 is 0. The molecule has 0 aromatic heterocycles. The van der Waals surface area contributed by atoms with Gasteiger partial charge in [-0.15, -0.1) is 0 Å². The Morgan fingerprint density at radius 1 is 1.27 bits per heavy atom. The van der Waals surface area contributed by atoms with Crippen molar-refractivity contribution in [3.8, 4) is 0 Å². The van der Waals surface area contributed by atoms with Crippen LogP contribution in [0.25, 0.3) is 0 Å². The van der Waals surface area contributed by atoms with Gasteiger partial charge in [0.05, 0.1) is 0 Å². The lowest BCUT2D eigenvalue weighted by Gasteiger charge is -2.33. The van der Waals surface area contributed by atoms with E-state index in [-0.39, 0.29) is 11.5 Å². The highest BCUT2D eigenvalue weighted by molar-refractivity contribution is 4.91. The first-order valence-electron chi connectivity index (χ1n) is 6.47. The molecule has 0 aromatic rings. The maximum Gasteiger partial charge on any atom is 0.00739 e. The predicted octanol–water partition coefficient (Wildman–Crippen LogP) is 2.09. The molecule has 88 valence electrons. The van der Waals surface area contributed by atoms with Crippen LogP contribution in [-0.4, -0.2) is 30.6 Å². The van der Waals surface area contributed by atoms with E-state index in [2.05, 4.69) is 25.7 Å². The molecule has 1 aliphatic heterocycles. The van der Waals surface area contributed by atoms with Gasteiger partial charge < -0.3 is 10.6 Å². The van der Waals surface area contributed by atoms with E-state index in [0.717, 1.165) is 11.8 Å². The molecule has 2 aliphatic rings. The first-order valence-corrected chi connectivity index (χ1v) is 6.47. The Morgan fingerprint density at radius 3 is 2.27 bits per heavy atom. The molecule has 1 saturated carbocycles. The third-order valence-electron chi connectivity index (χ3n) is 4.67. The zero-order chi connectivity index (χ0) is 11.1. The van der Waals surface area contributed by atoms with E-state index in [9.17, 15) is 0 Å². The molecule has 2 fully saturated rings. The van der Waals surface area contributed by atoms with Crippen LogP contribution in [0.5, 0.6) is 0 Å². The predicted molar refractivity (Wildman–Crippen MR) is 64.7 cm³/mol. The van der Waals surface area contributed by atoms with Crippen molar-refractivity contribution in [1.29, 1.82) is 0 Å². The summed E-state index contributed by atoms with van der Waals surface area (Å²) in [4.78, 5) is 2.65. The summed E-state index contributed by atoms with van der Waals surface area (Å²) in [5, 5.41) is 0. The lowest BCUT2D eigenvalue weighted by Crippen LogP contribution is -2.43. The van der Waals surface area contributed by atoms with Crippen molar-refractivity contribution < 1.29 is 0 Å². The number of rotatable bonds is 3. The molecule has 0 amide bonds. The lowest BCUT2D eigenvalue weighted by atomic mass is 9.85. The Labute approximate surface area is 94.2 Å². The molecule has 2 rings (SSSR count). The highest BCUT2D eigenvalue weighted by Gasteiger charge is 2.38. The summed E-state index contributed by atoms with van der Waals surface area (Å²) < 4.78 is 0. The molecule has 15 heavy (non-hydrogen) atoms. The minimum atomic E-state index is 0.263.